The smallest absolute Gasteiger partial charge is 0.251 e. The molecule has 1 N–H and O–H groups in total. The second-order valence-electron chi connectivity index (χ2n) is 6.68. The first-order chi connectivity index (χ1) is 13.2. The van der Waals surface area contributed by atoms with Gasteiger partial charge in [0.05, 0.1) is 0 Å². The highest BCUT2D eigenvalue weighted by atomic mass is 19.1. The predicted molar refractivity (Wildman–Crippen MR) is 104 cm³/mol. The van der Waals surface area contributed by atoms with Gasteiger partial charge in [-0.25, -0.2) is 4.39 Å². The molecule has 0 unspecified atom stereocenters. The van der Waals surface area contributed by atoms with Gasteiger partial charge >= 0.3 is 0 Å². The Labute approximate surface area is 155 Å². The molecule has 0 radical (unpaired) electrons. The summed E-state index contributed by atoms with van der Waals surface area (Å²) in [5.41, 5.74) is 5.50. The Bertz CT molecular complexity index is 1200. The maximum atomic E-state index is 13.4. The third-order valence-electron chi connectivity index (χ3n) is 5.03. The number of aromatic nitrogens is 1. The number of carbonyl (C=O) groups excluding carboxylic acids is 1. The van der Waals surface area contributed by atoms with Gasteiger partial charge in [0.15, 0.2) is 0 Å². The fourth-order valence-corrected chi connectivity index (χ4v) is 3.63. The number of fused-ring (bicyclic) bond motifs is 2. The lowest BCUT2D eigenvalue weighted by Crippen LogP contribution is -2.12. The second kappa shape index (κ2) is 6.02. The lowest BCUT2D eigenvalue weighted by molar-refractivity contribution is 0.0966. The Morgan fingerprint density at radius 3 is 2.44 bits per heavy atom. The van der Waals surface area contributed by atoms with E-state index in [9.17, 15) is 9.18 Å². The van der Waals surface area contributed by atoms with Gasteiger partial charge in [0.25, 0.3) is 5.91 Å². The van der Waals surface area contributed by atoms with Crippen LogP contribution in [0, 0.1) is 5.82 Å². The van der Waals surface area contributed by atoms with Crippen LogP contribution in [0.15, 0.2) is 73.1 Å². The van der Waals surface area contributed by atoms with E-state index in [2.05, 4.69) is 34.6 Å². The molecular weight excluding hydrogens is 339 g/mol. The quantitative estimate of drug-likeness (QED) is 0.553. The van der Waals surface area contributed by atoms with E-state index < -0.39 is 0 Å². The molecular formula is C23H15FN2O. The molecule has 5 rings (SSSR count). The summed E-state index contributed by atoms with van der Waals surface area (Å²) in [6, 6.07) is 18.6. The van der Waals surface area contributed by atoms with Crippen LogP contribution in [-0.4, -0.2) is 10.9 Å². The van der Waals surface area contributed by atoms with Gasteiger partial charge in [-0.3, -0.25) is 9.78 Å². The lowest BCUT2D eigenvalue weighted by atomic mass is 9.90. The van der Waals surface area contributed by atoms with Crippen LogP contribution in [0.3, 0.4) is 0 Å². The highest BCUT2D eigenvalue weighted by Gasteiger charge is 2.22. The van der Waals surface area contributed by atoms with Crippen molar-refractivity contribution in [3.8, 4) is 22.3 Å². The molecule has 0 atom stereocenters. The van der Waals surface area contributed by atoms with Crippen molar-refractivity contribution in [2.45, 2.75) is 6.54 Å². The van der Waals surface area contributed by atoms with Crippen molar-refractivity contribution >= 4 is 16.7 Å². The highest BCUT2D eigenvalue weighted by molar-refractivity contribution is 6.02. The molecule has 0 spiro atoms. The fraction of sp³-hybridized carbons (Fsp3) is 0.0435. The summed E-state index contributed by atoms with van der Waals surface area (Å²) in [4.78, 5) is 16.4. The Hall–Kier alpha value is -3.53. The average Bonchev–Trinajstić information content (AvgIpc) is 3.07. The van der Waals surface area contributed by atoms with Crippen molar-refractivity contribution in [3.63, 3.8) is 0 Å². The number of amides is 1. The molecule has 130 valence electrons. The number of nitrogens with one attached hydrogen (secondary N) is 1. The predicted octanol–water partition coefficient (Wildman–Crippen LogP) is 4.95. The van der Waals surface area contributed by atoms with Crippen LogP contribution in [-0.2, 0) is 6.54 Å². The summed E-state index contributed by atoms with van der Waals surface area (Å²) in [5.74, 6) is -0.349. The molecule has 1 aliphatic rings. The van der Waals surface area contributed by atoms with Crippen LogP contribution in [0.5, 0.6) is 0 Å². The molecule has 3 nitrogen and oxygen atoms in total. The molecule has 27 heavy (non-hydrogen) atoms. The van der Waals surface area contributed by atoms with Gasteiger partial charge in [-0.15, -0.1) is 0 Å². The third kappa shape index (κ3) is 2.66. The number of halogens is 1. The zero-order valence-corrected chi connectivity index (χ0v) is 14.4. The lowest BCUT2D eigenvalue weighted by Gasteiger charge is -2.13. The molecule has 4 aromatic rings. The maximum absolute atomic E-state index is 13.4. The summed E-state index contributed by atoms with van der Waals surface area (Å²) < 4.78 is 13.4. The van der Waals surface area contributed by atoms with Crippen molar-refractivity contribution in [1.29, 1.82) is 0 Å². The maximum Gasteiger partial charge on any atom is 0.251 e. The minimum Gasteiger partial charge on any atom is -0.348 e. The van der Waals surface area contributed by atoms with Crippen molar-refractivity contribution in [2.75, 3.05) is 0 Å². The average molecular weight is 354 g/mol. The topological polar surface area (TPSA) is 42.0 Å². The van der Waals surface area contributed by atoms with Gasteiger partial charge in [-0.1, -0.05) is 24.3 Å². The summed E-state index contributed by atoms with van der Waals surface area (Å²) in [6.07, 6.45) is 3.62. The first-order valence-corrected chi connectivity index (χ1v) is 8.74. The van der Waals surface area contributed by atoms with E-state index in [1.807, 2.05) is 18.3 Å². The number of carbonyl (C=O) groups is 1. The van der Waals surface area contributed by atoms with Crippen LogP contribution in [0.4, 0.5) is 4.39 Å². The number of rotatable bonds is 2. The van der Waals surface area contributed by atoms with Crippen LogP contribution < -0.4 is 5.32 Å². The van der Waals surface area contributed by atoms with Crippen molar-refractivity contribution in [1.82, 2.24) is 10.3 Å². The third-order valence-corrected chi connectivity index (χ3v) is 5.03. The first kappa shape index (κ1) is 15.7. The Morgan fingerprint density at radius 2 is 1.59 bits per heavy atom. The Balaban J connectivity index is 1.76. The van der Waals surface area contributed by atoms with Crippen molar-refractivity contribution < 1.29 is 9.18 Å². The van der Waals surface area contributed by atoms with E-state index in [4.69, 9.17) is 0 Å². The van der Waals surface area contributed by atoms with Gasteiger partial charge in [0.1, 0.15) is 5.82 Å². The van der Waals surface area contributed by atoms with Gasteiger partial charge in [-0.05, 0) is 69.6 Å². The largest absolute Gasteiger partial charge is 0.348 e. The van der Waals surface area contributed by atoms with Gasteiger partial charge in [-0.2, -0.15) is 0 Å². The standard InChI is InChI=1S/C23H15FN2O/c24-19-5-3-15(4-6-19)21-11-22-18(13-26-23(22)27)10-20(21)16-2-1-14-7-8-25-12-17(14)9-16/h1-12H,13H2,(H,26,27). The molecule has 3 aromatic carbocycles. The number of hydrogen-bond donors (Lipinski definition) is 1. The van der Waals surface area contributed by atoms with Crippen molar-refractivity contribution in [3.05, 3.63) is 90.0 Å². The molecule has 1 amide bonds. The summed E-state index contributed by atoms with van der Waals surface area (Å²) in [6.45, 7) is 0.528. The molecule has 1 aromatic heterocycles. The minimum atomic E-state index is -0.281. The van der Waals surface area contributed by atoms with Gasteiger partial charge in [0, 0.05) is 29.9 Å². The van der Waals surface area contributed by atoms with Crippen LogP contribution in [0.1, 0.15) is 15.9 Å². The monoisotopic (exact) mass is 354 g/mol. The Morgan fingerprint density at radius 1 is 0.815 bits per heavy atom. The van der Waals surface area contributed by atoms with E-state index in [1.54, 1.807) is 18.3 Å². The van der Waals surface area contributed by atoms with E-state index in [0.717, 1.165) is 38.6 Å². The summed E-state index contributed by atoms with van der Waals surface area (Å²) in [5, 5.41) is 5.04. The van der Waals surface area contributed by atoms with E-state index in [1.165, 1.54) is 12.1 Å². The molecule has 0 saturated heterocycles. The molecule has 1 aliphatic heterocycles. The molecule has 0 aliphatic carbocycles. The molecule has 4 heteroatoms. The molecule has 2 heterocycles. The van der Waals surface area contributed by atoms with E-state index in [-0.39, 0.29) is 11.7 Å². The minimum absolute atomic E-state index is 0.0670. The summed E-state index contributed by atoms with van der Waals surface area (Å²) >= 11 is 0. The van der Waals surface area contributed by atoms with Crippen LogP contribution in [0.25, 0.3) is 33.0 Å². The molecule has 0 fully saturated rings. The number of pyridine rings is 1. The SMILES string of the molecule is O=C1NCc2cc(-c3ccc4ccncc4c3)c(-c3ccc(F)cc3)cc21. The number of benzene rings is 3. The number of hydrogen-bond acceptors (Lipinski definition) is 2. The zero-order valence-electron chi connectivity index (χ0n) is 14.4. The normalized spacial score (nSPS) is 12.9. The summed E-state index contributed by atoms with van der Waals surface area (Å²) in [7, 11) is 0. The van der Waals surface area contributed by atoms with Gasteiger partial charge in [0.2, 0.25) is 0 Å². The van der Waals surface area contributed by atoms with Crippen LogP contribution in [0.2, 0.25) is 0 Å². The first-order valence-electron chi connectivity index (χ1n) is 8.74. The zero-order chi connectivity index (χ0) is 18.4. The van der Waals surface area contributed by atoms with E-state index in [0.29, 0.717) is 12.1 Å². The van der Waals surface area contributed by atoms with Gasteiger partial charge < -0.3 is 5.32 Å². The number of nitrogens with zero attached hydrogens (tertiary/aromatic N) is 1. The molecule has 0 bridgehead atoms. The fourth-order valence-electron chi connectivity index (χ4n) is 3.63. The van der Waals surface area contributed by atoms with Crippen molar-refractivity contribution in [2.24, 2.45) is 0 Å². The van der Waals surface area contributed by atoms with E-state index >= 15 is 0 Å². The molecule has 0 saturated carbocycles. The second-order valence-corrected chi connectivity index (χ2v) is 6.68. The highest BCUT2D eigenvalue weighted by Crippen LogP contribution is 2.37. The Kier molecular flexibility index (Phi) is 3.50. The van der Waals surface area contributed by atoms with Crippen LogP contribution >= 0.6 is 0 Å².